The first kappa shape index (κ1) is 20.3. The van der Waals surface area contributed by atoms with Crippen LogP contribution in [0.4, 0.5) is 0 Å². The summed E-state index contributed by atoms with van der Waals surface area (Å²) in [5, 5.41) is 4.66. The molecule has 2 N–H and O–H groups in total. The van der Waals surface area contributed by atoms with Gasteiger partial charge < -0.3 is 24.8 Å². The van der Waals surface area contributed by atoms with Gasteiger partial charge in [0.05, 0.1) is 30.3 Å². The van der Waals surface area contributed by atoms with Crippen molar-refractivity contribution in [3.63, 3.8) is 0 Å². The van der Waals surface area contributed by atoms with Crippen LogP contribution in [-0.4, -0.2) is 86.4 Å². The van der Waals surface area contributed by atoms with E-state index < -0.39 is 0 Å². The van der Waals surface area contributed by atoms with E-state index in [1.807, 2.05) is 17.0 Å². The molecular weight excluding hydrogens is 384 g/mol. The highest BCUT2D eigenvalue weighted by atomic mass is 35.5. The number of hydrogen-bond acceptors (Lipinski definition) is 3. The SMILES string of the molecule is O=C(c1ccccc1Cl)N1CCN(C(=S)NCCC[NH+]2CCOCC2)CC1. The summed E-state index contributed by atoms with van der Waals surface area (Å²) in [5.74, 6) is -0.00684. The number of halogens is 1. The molecule has 2 aliphatic heterocycles. The van der Waals surface area contributed by atoms with Gasteiger partial charge in [-0.15, -0.1) is 0 Å². The van der Waals surface area contributed by atoms with Gasteiger partial charge in [0.25, 0.3) is 5.91 Å². The second-order valence-electron chi connectivity index (χ2n) is 6.96. The van der Waals surface area contributed by atoms with Gasteiger partial charge in [-0.1, -0.05) is 23.7 Å². The Bertz CT molecular complexity index is 646. The van der Waals surface area contributed by atoms with Gasteiger partial charge in [0.1, 0.15) is 13.1 Å². The minimum atomic E-state index is -0.00684. The molecule has 2 aliphatic rings. The maximum atomic E-state index is 12.6. The summed E-state index contributed by atoms with van der Waals surface area (Å²) < 4.78 is 5.38. The largest absolute Gasteiger partial charge is 0.370 e. The van der Waals surface area contributed by atoms with Gasteiger partial charge in [-0.2, -0.15) is 0 Å². The lowest BCUT2D eigenvalue weighted by Gasteiger charge is -2.36. The van der Waals surface area contributed by atoms with Crippen LogP contribution in [-0.2, 0) is 4.74 Å². The summed E-state index contributed by atoms with van der Waals surface area (Å²) >= 11 is 11.7. The van der Waals surface area contributed by atoms with Crippen molar-refractivity contribution in [2.75, 3.05) is 65.6 Å². The van der Waals surface area contributed by atoms with E-state index in [4.69, 9.17) is 28.6 Å². The summed E-state index contributed by atoms with van der Waals surface area (Å²) in [7, 11) is 0. The van der Waals surface area contributed by atoms with Crippen LogP contribution in [0.25, 0.3) is 0 Å². The molecule has 0 atom stereocenters. The highest BCUT2D eigenvalue weighted by molar-refractivity contribution is 7.80. The zero-order valence-corrected chi connectivity index (χ0v) is 17.2. The lowest BCUT2D eigenvalue weighted by atomic mass is 10.2. The van der Waals surface area contributed by atoms with Crippen LogP contribution in [0.2, 0.25) is 5.02 Å². The second kappa shape index (κ2) is 10.2. The molecule has 0 unspecified atom stereocenters. The first-order valence-corrected chi connectivity index (χ1v) is 10.4. The van der Waals surface area contributed by atoms with E-state index in [1.54, 1.807) is 17.0 Å². The first-order valence-electron chi connectivity index (χ1n) is 9.63. The molecule has 0 radical (unpaired) electrons. The normalized spacial score (nSPS) is 18.4. The maximum Gasteiger partial charge on any atom is 0.255 e. The van der Waals surface area contributed by atoms with Crippen molar-refractivity contribution in [2.45, 2.75) is 6.42 Å². The molecule has 1 aromatic rings. The average molecular weight is 412 g/mol. The fraction of sp³-hybridized carbons (Fsp3) is 0.579. The molecule has 0 aliphatic carbocycles. The Kier molecular flexibility index (Phi) is 7.70. The summed E-state index contributed by atoms with van der Waals surface area (Å²) in [6.45, 7) is 8.80. The number of quaternary nitrogens is 1. The molecule has 0 aromatic heterocycles. The van der Waals surface area contributed by atoms with Gasteiger partial charge in [0.2, 0.25) is 0 Å². The Morgan fingerprint density at radius 1 is 1.15 bits per heavy atom. The van der Waals surface area contributed by atoms with Crippen molar-refractivity contribution in [1.82, 2.24) is 15.1 Å². The van der Waals surface area contributed by atoms with Gasteiger partial charge in [0.15, 0.2) is 5.11 Å². The van der Waals surface area contributed by atoms with E-state index >= 15 is 0 Å². The fourth-order valence-electron chi connectivity index (χ4n) is 3.47. The van der Waals surface area contributed by atoms with Crippen molar-refractivity contribution in [1.29, 1.82) is 0 Å². The van der Waals surface area contributed by atoms with Gasteiger partial charge in [0, 0.05) is 39.1 Å². The lowest BCUT2D eigenvalue weighted by Crippen LogP contribution is -3.14. The molecule has 0 saturated carbocycles. The predicted molar refractivity (Wildman–Crippen MR) is 111 cm³/mol. The standard InChI is InChI=1S/C19H27ClN4O2S/c20-17-5-2-1-4-16(17)18(25)23-8-10-24(11-9-23)19(27)21-6-3-7-22-12-14-26-15-13-22/h1-2,4-5H,3,6-15H2,(H,21,27)/p+1. The highest BCUT2D eigenvalue weighted by Gasteiger charge is 2.24. The monoisotopic (exact) mass is 411 g/mol. The average Bonchev–Trinajstić information content (AvgIpc) is 2.72. The number of ether oxygens (including phenoxy) is 1. The fourth-order valence-corrected chi connectivity index (χ4v) is 3.97. The van der Waals surface area contributed by atoms with Gasteiger partial charge in [-0.05, 0) is 24.4 Å². The van der Waals surface area contributed by atoms with Crippen molar-refractivity contribution in [2.24, 2.45) is 0 Å². The summed E-state index contributed by atoms with van der Waals surface area (Å²) in [5.41, 5.74) is 0.568. The molecule has 0 bridgehead atoms. The number of benzene rings is 1. The summed E-state index contributed by atoms with van der Waals surface area (Å²) in [4.78, 5) is 18.2. The van der Waals surface area contributed by atoms with Crippen LogP contribution < -0.4 is 10.2 Å². The Labute approximate surface area is 171 Å². The molecular formula is C19H28ClN4O2S+. The molecule has 27 heavy (non-hydrogen) atoms. The molecule has 8 heteroatoms. The predicted octanol–water partition coefficient (Wildman–Crippen LogP) is 0.278. The quantitative estimate of drug-likeness (QED) is 0.538. The number of rotatable bonds is 5. The lowest BCUT2D eigenvalue weighted by molar-refractivity contribution is -0.908. The Morgan fingerprint density at radius 3 is 2.52 bits per heavy atom. The molecule has 148 valence electrons. The summed E-state index contributed by atoms with van der Waals surface area (Å²) in [6, 6.07) is 7.21. The molecule has 1 aromatic carbocycles. The van der Waals surface area contributed by atoms with E-state index in [0.29, 0.717) is 23.7 Å². The van der Waals surface area contributed by atoms with Gasteiger partial charge in [-0.25, -0.2) is 0 Å². The number of thiocarbonyl (C=S) groups is 1. The van der Waals surface area contributed by atoms with Crippen molar-refractivity contribution in [3.8, 4) is 0 Å². The van der Waals surface area contributed by atoms with Crippen LogP contribution >= 0.6 is 23.8 Å². The van der Waals surface area contributed by atoms with Crippen LogP contribution in [0.3, 0.4) is 0 Å². The molecule has 3 rings (SSSR count). The van der Waals surface area contributed by atoms with Crippen molar-refractivity contribution < 1.29 is 14.4 Å². The van der Waals surface area contributed by atoms with E-state index in [0.717, 1.165) is 64.0 Å². The van der Waals surface area contributed by atoms with Crippen LogP contribution in [0.15, 0.2) is 24.3 Å². The number of carbonyl (C=O) groups is 1. The first-order chi connectivity index (χ1) is 13.1. The number of hydrogen-bond donors (Lipinski definition) is 2. The summed E-state index contributed by atoms with van der Waals surface area (Å²) in [6.07, 6.45) is 1.10. The Morgan fingerprint density at radius 2 is 1.81 bits per heavy atom. The van der Waals surface area contributed by atoms with Gasteiger partial charge >= 0.3 is 0 Å². The zero-order chi connectivity index (χ0) is 19.1. The maximum absolute atomic E-state index is 12.6. The molecule has 6 nitrogen and oxygen atoms in total. The third kappa shape index (κ3) is 5.78. The highest BCUT2D eigenvalue weighted by Crippen LogP contribution is 2.18. The molecule has 2 heterocycles. The number of piperazine rings is 1. The molecule has 1 amide bonds. The second-order valence-corrected chi connectivity index (χ2v) is 7.75. The number of nitrogens with zero attached hydrogens (tertiary/aromatic N) is 2. The van der Waals surface area contributed by atoms with E-state index in [9.17, 15) is 4.79 Å². The molecule has 2 fully saturated rings. The number of nitrogens with one attached hydrogen (secondary N) is 2. The zero-order valence-electron chi connectivity index (χ0n) is 15.6. The number of morpholine rings is 1. The van der Waals surface area contributed by atoms with Crippen LogP contribution in [0.5, 0.6) is 0 Å². The minimum Gasteiger partial charge on any atom is -0.370 e. The van der Waals surface area contributed by atoms with Crippen molar-refractivity contribution >= 4 is 34.8 Å². The van der Waals surface area contributed by atoms with Gasteiger partial charge in [-0.3, -0.25) is 4.79 Å². The third-order valence-corrected chi connectivity index (χ3v) is 5.87. The molecule has 2 saturated heterocycles. The smallest absolute Gasteiger partial charge is 0.255 e. The number of carbonyl (C=O) groups excluding carboxylic acids is 1. The van der Waals surface area contributed by atoms with Crippen LogP contribution in [0.1, 0.15) is 16.8 Å². The van der Waals surface area contributed by atoms with Crippen molar-refractivity contribution in [3.05, 3.63) is 34.9 Å². The minimum absolute atomic E-state index is 0.00684. The van der Waals surface area contributed by atoms with E-state index in [-0.39, 0.29) is 5.91 Å². The number of amides is 1. The third-order valence-electron chi connectivity index (χ3n) is 5.14. The Hall–Kier alpha value is -1.41. The van der Waals surface area contributed by atoms with E-state index in [1.165, 1.54) is 0 Å². The van der Waals surface area contributed by atoms with Crippen LogP contribution in [0, 0.1) is 0 Å². The van der Waals surface area contributed by atoms with E-state index in [2.05, 4.69) is 10.2 Å². The Balaban J connectivity index is 1.36. The topological polar surface area (TPSA) is 49.2 Å². The molecule has 0 spiro atoms.